The topological polar surface area (TPSA) is 35.0 Å². The molecule has 3 nitrogen and oxygen atoms in total. The molecule has 0 aliphatic rings. The maximum Gasteiger partial charge on any atom is 0.160 e. The highest BCUT2D eigenvalue weighted by Gasteiger charge is 2.29. The molecule has 1 aromatic heterocycles. The third kappa shape index (κ3) is 3.35. The zero-order valence-corrected chi connectivity index (χ0v) is 13.0. The average molecular weight is 291 g/mol. The minimum atomic E-state index is -0.205. The smallest absolute Gasteiger partial charge is 0.160 e. The molecule has 0 aliphatic heterocycles. The summed E-state index contributed by atoms with van der Waals surface area (Å²) in [6.07, 6.45) is -0.205. The second-order valence-corrected chi connectivity index (χ2v) is 6.17. The van der Waals surface area contributed by atoms with Crippen molar-refractivity contribution in [3.8, 4) is 11.3 Å². The van der Waals surface area contributed by atoms with E-state index >= 15 is 0 Å². The van der Waals surface area contributed by atoms with Crippen LogP contribution in [0, 0.1) is 5.41 Å². The number of aromatic nitrogens is 2. The van der Waals surface area contributed by atoms with Gasteiger partial charge < -0.3 is 4.74 Å². The van der Waals surface area contributed by atoms with Crippen LogP contribution in [0.1, 0.15) is 32.7 Å². The van der Waals surface area contributed by atoms with Crippen LogP contribution in [0.3, 0.4) is 0 Å². The SMILES string of the molecule is COC(c1nc(Cl)cc(-c2ccccc2)n1)C(C)(C)C. The maximum absolute atomic E-state index is 6.14. The van der Waals surface area contributed by atoms with Gasteiger partial charge in [0.2, 0.25) is 0 Å². The molecule has 1 aromatic carbocycles. The summed E-state index contributed by atoms with van der Waals surface area (Å²) in [5.41, 5.74) is 1.72. The van der Waals surface area contributed by atoms with Gasteiger partial charge in [-0.25, -0.2) is 9.97 Å². The van der Waals surface area contributed by atoms with E-state index in [2.05, 4.69) is 30.7 Å². The fourth-order valence-corrected chi connectivity index (χ4v) is 2.35. The molecule has 0 radical (unpaired) electrons. The van der Waals surface area contributed by atoms with E-state index in [1.165, 1.54) is 0 Å². The van der Waals surface area contributed by atoms with Crippen molar-refractivity contribution >= 4 is 11.6 Å². The molecular weight excluding hydrogens is 272 g/mol. The maximum atomic E-state index is 6.14. The first kappa shape index (κ1) is 14.9. The van der Waals surface area contributed by atoms with Crippen LogP contribution in [0.2, 0.25) is 5.15 Å². The van der Waals surface area contributed by atoms with Crippen LogP contribution in [0.15, 0.2) is 36.4 Å². The highest BCUT2D eigenvalue weighted by molar-refractivity contribution is 6.29. The van der Waals surface area contributed by atoms with Crippen LogP contribution in [-0.4, -0.2) is 17.1 Å². The first-order chi connectivity index (χ1) is 9.41. The number of ether oxygens (including phenoxy) is 1. The third-order valence-corrected chi connectivity index (χ3v) is 3.23. The predicted octanol–water partition coefficient (Wildman–Crippen LogP) is 4.53. The lowest BCUT2D eigenvalue weighted by atomic mass is 9.88. The van der Waals surface area contributed by atoms with Gasteiger partial charge in [-0.2, -0.15) is 0 Å². The Balaban J connectivity index is 2.49. The van der Waals surface area contributed by atoms with Crippen molar-refractivity contribution in [2.24, 2.45) is 5.41 Å². The lowest BCUT2D eigenvalue weighted by Crippen LogP contribution is -2.22. The molecule has 0 fully saturated rings. The molecular formula is C16H19ClN2O. The van der Waals surface area contributed by atoms with Gasteiger partial charge in [0.15, 0.2) is 5.82 Å². The molecule has 2 aromatic rings. The molecule has 0 amide bonds. The highest BCUT2D eigenvalue weighted by Crippen LogP contribution is 2.35. The molecule has 0 spiro atoms. The molecule has 0 saturated heterocycles. The van der Waals surface area contributed by atoms with Gasteiger partial charge >= 0.3 is 0 Å². The van der Waals surface area contributed by atoms with E-state index in [0.717, 1.165) is 11.3 Å². The van der Waals surface area contributed by atoms with Crippen molar-refractivity contribution in [3.63, 3.8) is 0 Å². The number of benzene rings is 1. The van der Waals surface area contributed by atoms with Crippen LogP contribution < -0.4 is 0 Å². The standard InChI is InChI=1S/C16H19ClN2O/c1-16(2,3)14(20-4)15-18-12(10-13(17)19-15)11-8-6-5-7-9-11/h5-10,14H,1-4H3. The normalized spacial score (nSPS) is 13.2. The summed E-state index contributed by atoms with van der Waals surface area (Å²) >= 11 is 6.14. The van der Waals surface area contributed by atoms with Gasteiger partial charge in [0.25, 0.3) is 0 Å². The molecule has 4 heteroatoms. The molecule has 1 atom stereocenters. The molecule has 2 rings (SSSR count). The third-order valence-electron chi connectivity index (χ3n) is 3.04. The van der Waals surface area contributed by atoms with Gasteiger partial charge in [0, 0.05) is 18.7 Å². The molecule has 0 aliphatic carbocycles. The average Bonchev–Trinajstić information content (AvgIpc) is 2.38. The highest BCUT2D eigenvalue weighted by atomic mass is 35.5. The summed E-state index contributed by atoms with van der Waals surface area (Å²) in [6, 6.07) is 11.7. The van der Waals surface area contributed by atoms with Crippen LogP contribution in [0.4, 0.5) is 0 Å². The van der Waals surface area contributed by atoms with E-state index in [-0.39, 0.29) is 11.5 Å². The van der Waals surface area contributed by atoms with E-state index in [4.69, 9.17) is 16.3 Å². The van der Waals surface area contributed by atoms with Gasteiger partial charge in [0.05, 0.1) is 5.69 Å². The van der Waals surface area contributed by atoms with Gasteiger partial charge in [-0.05, 0) is 5.41 Å². The molecule has 1 unspecified atom stereocenters. The number of methoxy groups -OCH3 is 1. The number of nitrogens with zero attached hydrogens (tertiary/aromatic N) is 2. The van der Waals surface area contributed by atoms with Crippen molar-refractivity contribution in [3.05, 3.63) is 47.4 Å². The van der Waals surface area contributed by atoms with Crippen LogP contribution in [0.25, 0.3) is 11.3 Å². The van der Waals surface area contributed by atoms with Gasteiger partial charge in [-0.1, -0.05) is 62.7 Å². The zero-order valence-electron chi connectivity index (χ0n) is 12.2. The summed E-state index contributed by atoms with van der Waals surface area (Å²) in [5, 5.41) is 0.431. The molecule has 0 saturated carbocycles. The summed E-state index contributed by atoms with van der Waals surface area (Å²) in [5.74, 6) is 0.617. The van der Waals surface area contributed by atoms with Gasteiger partial charge in [0.1, 0.15) is 11.3 Å². The first-order valence-corrected chi connectivity index (χ1v) is 6.92. The zero-order chi connectivity index (χ0) is 14.8. The van der Waals surface area contributed by atoms with E-state index in [1.54, 1.807) is 13.2 Å². The Morgan fingerprint density at radius 1 is 1.10 bits per heavy atom. The molecule has 20 heavy (non-hydrogen) atoms. The number of halogens is 1. The van der Waals surface area contributed by atoms with E-state index in [1.807, 2.05) is 30.3 Å². The fraction of sp³-hybridized carbons (Fsp3) is 0.375. The lowest BCUT2D eigenvalue weighted by molar-refractivity contribution is 0.00875. The fourth-order valence-electron chi connectivity index (χ4n) is 2.16. The van der Waals surface area contributed by atoms with Crippen molar-refractivity contribution in [1.29, 1.82) is 0 Å². The quantitative estimate of drug-likeness (QED) is 0.779. The Hall–Kier alpha value is -1.45. The largest absolute Gasteiger partial charge is 0.373 e. The molecule has 0 N–H and O–H groups in total. The Morgan fingerprint density at radius 2 is 1.75 bits per heavy atom. The first-order valence-electron chi connectivity index (χ1n) is 6.54. The van der Waals surface area contributed by atoms with Crippen LogP contribution >= 0.6 is 11.6 Å². The Kier molecular flexibility index (Phi) is 4.41. The molecule has 1 heterocycles. The molecule has 0 bridgehead atoms. The van der Waals surface area contributed by atoms with Crippen molar-refractivity contribution in [2.75, 3.05) is 7.11 Å². The van der Waals surface area contributed by atoms with Gasteiger partial charge in [-0.15, -0.1) is 0 Å². The summed E-state index contributed by atoms with van der Waals surface area (Å²) in [6.45, 7) is 6.27. The Bertz CT molecular complexity index is 579. The minimum Gasteiger partial charge on any atom is -0.373 e. The lowest BCUT2D eigenvalue weighted by Gasteiger charge is -2.28. The Morgan fingerprint density at radius 3 is 2.30 bits per heavy atom. The second-order valence-electron chi connectivity index (χ2n) is 5.78. The Labute approximate surface area is 125 Å². The van der Waals surface area contributed by atoms with E-state index in [9.17, 15) is 0 Å². The number of rotatable bonds is 3. The van der Waals surface area contributed by atoms with Crippen LogP contribution in [-0.2, 0) is 4.74 Å². The van der Waals surface area contributed by atoms with Gasteiger partial charge in [-0.3, -0.25) is 0 Å². The molecule has 106 valence electrons. The van der Waals surface area contributed by atoms with Crippen LogP contribution in [0.5, 0.6) is 0 Å². The second kappa shape index (κ2) is 5.90. The van der Waals surface area contributed by atoms with E-state index in [0.29, 0.717) is 11.0 Å². The predicted molar refractivity (Wildman–Crippen MR) is 81.7 cm³/mol. The summed E-state index contributed by atoms with van der Waals surface area (Å²) < 4.78 is 5.56. The number of hydrogen-bond donors (Lipinski definition) is 0. The minimum absolute atomic E-state index is 0.104. The van der Waals surface area contributed by atoms with E-state index < -0.39 is 0 Å². The van der Waals surface area contributed by atoms with Crippen molar-refractivity contribution < 1.29 is 4.74 Å². The monoisotopic (exact) mass is 290 g/mol. The van der Waals surface area contributed by atoms with Crippen molar-refractivity contribution in [2.45, 2.75) is 26.9 Å². The summed E-state index contributed by atoms with van der Waals surface area (Å²) in [7, 11) is 1.67. The van der Waals surface area contributed by atoms with Crippen molar-refractivity contribution in [1.82, 2.24) is 9.97 Å². The summed E-state index contributed by atoms with van der Waals surface area (Å²) in [4.78, 5) is 8.95. The number of hydrogen-bond acceptors (Lipinski definition) is 3.